The van der Waals surface area contributed by atoms with Crippen molar-refractivity contribution in [2.45, 2.75) is 11.7 Å². The molecule has 0 amide bonds. The van der Waals surface area contributed by atoms with Crippen LogP contribution in [-0.2, 0) is 6.42 Å². The van der Waals surface area contributed by atoms with Crippen LogP contribution < -0.4 is 0 Å². The molecule has 0 aliphatic carbocycles. The molecule has 0 fully saturated rings. The lowest BCUT2D eigenvalue weighted by Gasteiger charge is -2.04. The van der Waals surface area contributed by atoms with E-state index in [0.717, 1.165) is 5.56 Å². The second-order valence-corrected chi connectivity index (χ2v) is 3.10. The fourth-order valence-corrected chi connectivity index (χ4v) is 1.11. The van der Waals surface area contributed by atoms with Crippen LogP contribution in [-0.4, -0.2) is 12.5 Å². The molecule has 0 N–H and O–H groups in total. The van der Waals surface area contributed by atoms with Gasteiger partial charge >= 0.3 is 7.27 Å². The molecule has 0 saturated carbocycles. The maximum atomic E-state index is 12.0. The third-order valence-corrected chi connectivity index (χ3v) is 1.89. The molecule has 0 nitrogen and oxygen atoms in total. The zero-order valence-corrected chi connectivity index (χ0v) is 7.14. The SMILES string of the molecule is FB(F)[C@H](Cl)Cc1ccccc1. The maximum absolute atomic E-state index is 12.0. The third-order valence-electron chi connectivity index (χ3n) is 1.55. The molecule has 0 bridgehead atoms. The smallest absolute Gasteiger partial charge is 0.285 e. The Bertz CT molecular complexity index is 228. The molecule has 0 heterocycles. The van der Waals surface area contributed by atoms with E-state index < -0.39 is 12.5 Å². The standard InChI is InChI=1S/C8H8BClF2/c10-8(9(11)12)6-7-4-2-1-3-5-7/h1-5,8H,6H2/t8-/m1/s1. The predicted molar refractivity (Wildman–Crippen MR) is 47.8 cm³/mol. The van der Waals surface area contributed by atoms with E-state index in [9.17, 15) is 8.63 Å². The molecule has 1 rings (SSSR count). The Morgan fingerprint density at radius 2 is 1.83 bits per heavy atom. The summed E-state index contributed by atoms with van der Waals surface area (Å²) < 4.78 is 24.0. The van der Waals surface area contributed by atoms with E-state index in [1.807, 2.05) is 18.2 Å². The van der Waals surface area contributed by atoms with E-state index in [4.69, 9.17) is 11.6 Å². The highest BCUT2D eigenvalue weighted by molar-refractivity contribution is 6.58. The molecule has 0 spiro atoms. The Labute approximate surface area is 75.7 Å². The third kappa shape index (κ3) is 2.82. The molecule has 0 saturated heterocycles. The van der Waals surface area contributed by atoms with Crippen molar-refractivity contribution in [1.82, 2.24) is 0 Å². The minimum atomic E-state index is -2.45. The lowest BCUT2D eigenvalue weighted by molar-refractivity contribution is 0.641. The molecule has 4 heteroatoms. The van der Waals surface area contributed by atoms with Crippen molar-refractivity contribution in [3.8, 4) is 0 Å². The van der Waals surface area contributed by atoms with Gasteiger partial charge in [-0.15, -0.1) is 11.6 Å². The lowest BCUT2D eigenvalue weighted by atomic mass is 9.87. The summed E-state index contributed by atoms with van der Waals surface area (Å²) in [5.41, 5.74) is 0.845. The fraction of sp³-hybridized carbons (Fsp3) is 0.250. The first-order valence-corrected chi connectivity index (χ1v) is 4.10. The fourth-order valence-electron chi connectivity index (χ4n) is 0.928. The molecule has 0 aromatic heterocycles. The second kappa shape index (κ2) is 4.46. The van der Waals surface area contributed by atoms with Crippen molar-refractivity contribution < 1.29 is 8.63 Å². The first kappa shape index (κ1) is 9.52. The number of rotatable bonds is 3. The Balaban J connectivity index is 2.53. The van der Waals surface area contributed by atoms with Gasteiger partial charge in [-0.2, -0.15) is 0 Å². The first-order valence-electron chi connectivity index (χ1n) is 3.66. The van der Waals surface area contributed by atoms with E-state index in [2.05, 4.69) is 0 Å². The minimum absolute atomic E-state index is 0.222. The number of hydrogen-bond donors (Lipinski definition) is 0. The van der Waals surface area contributed by atoms with Crippen molar-refractivity contribution in [3.63, 3.8) is 0 Å². The molecule has 0 aliphatic rings. The molecule has 64 valence electrons. The van der Waals surface area contributed by atoms with E-state index in [1.165, 1.54) is 0 Å². The van der Waals surface area contributed by atoms with Crippen LogP contribution in [0.1, 0.15) is 5.56 Å². The van der Waals surface area contributed by atoms with Crippen molar-refractivity contribution in [3.05, 3.63) is 35.9 Å². The first-order chi connectivity index (χ1) is 5.70. The zero-order chi connectivity index (χ0) is 8.97. The maximum Gasteiger partial charge on any atom is 0.556 e. The summed E-state index contributed by atoms with van der Waals surface area (Å²) in [6, 6.07) is 9.04. The van der Waals surface area contributed by atoms with Crippen molar-refractivity contribution >= 4 is 18.9 Å². The van der Waals surface area contributed by atoms with E-state index in [-0.39, 0.29) is 6.42 Å². The van der Waals surface area contributed by atoms with Gasteiger partial charge in [0.1, 0.15) is 0 Å². The van der Waals surface area contributed by atoms with Crippen LogP contribution in [0.15, 0.2) is 30.3 Å². The number of hydrogen-bond acceptors (Lipinski definition) is 0. The molecule has 0 radical (unpaired) electrons. The molecular weight excluding hydrogens is 180 g/mol. The highest BCUT2D eigenvalue weighted by Gasteiger charge is 2.24. The molecule has 12 heavy (non-hydrogen) atoms. The zero-order valence-electron chi connectivity index (χ0n) is 6.38. The van der Waals surface area contributed by atoms with Crippen LogP contribution in [0.25, 0.3) is 0 Å². The number of benzene rings is 1. The summed E-state index contributed by atoms with van der Waals surface area (Å²) in [4.78, 5) is 0. The normalized spacial score (nSPS) is 12.6. The van der Waals surface area contributed by atoms with Crippen molar-refractivity contribution in [2.75, 3.05) is 0 Å². The Kier molecular flexibility index (Phi) is 3.54. The van der Waals surface area contributed by atoms with Crippen LogP contribution in [0.4, 0.5) is 8.63 Å². The molecule has 0 unspecified atom stereocenters. The summed E-state index contributed by atoms with van der Waals surface area (Å²) in [5.74, 6) is 0. The van der Waals surface area contributed by atoms with Gasteiger partial charge in [0, 0.05) is 0 Å². The summed E-state index contributed by atoms with van der Waals surface area (Å²) in [6.07, 6.45) is 0.222. The molecule has 1 aromatic rings. The van der Waals surface area contributed by atoms with Gasteiger partial charge in [0.15, 0.2) is 0 Å². The number of halogens is 3. The van der Waals surface area contributed by atoms with E-state index in [1.54, 1.807) is 12.1 Å². The Morgan fingerprint density at radius 3 is 2.33 bits per heavy atom. The van der Waals surface area contributed by atoms with Crippen molar-refractivity contribution in [1.29, 1.82) is 0 Å². The molecule has 1 atom stereocenters. The summed E-state index contributed by atoms with van der Waals surface area (Å²) >= 11 is 5.40. The van der Waals surface area contributed by atoms with Crippen LogP contribution in [0, 0.1) is 0 Å². The van der Waals surface area contributed by atoms with Crippen LogP contribution >= 0.6 is 11.6 Å². The van der Waals surface area contributed by atoms with E-state index in [0.29, 0.717) is 0 Å². The lowest BCUT2D eigenvalue weighted by Crippen LogP contribution is -2.18. The largest absolute Gasteiger partial charge is 0.556 e. The van der Waals surface area contributed by atoms with Gasteiger partial charge in [-0.25, -0.2) is 0 Å². The van der Waals surface area contributed by atoms with E-state index >= 15 is 0 Å². The topological polar surface area (TPSA) is 0 Å². The predicted octanol–water partition coefficient (Wildman–Crippen LogP) is 2.80. The van der Waals surface area contributed by atoms with Crippen LogP contribution in [0.3, 0.4) is 0 Å². The molecule has 0 aliphatic heterocycles. The summed E-state index contributed by atoms with van der Waals surface area (Å²) in [7, 11) is -2.45. The van der Waals surface area contributed by atoms with Gasteiger partial charge in [-0.1, -0.05) is 30.3 Å². The monoisotopic (exact) mass is 188 g/mol. The highest BCUT2D eigenvalue weighted by Crippen LogP contribution is 2.11. The average molecular weight is 188 g/mol. The average Bonchev–Trinajstić information content (AvgIpc) is 2.06. The quantitative estimate of drug-likeness (QED) is 0.505. The highest BCUT2D eigenvalue weighted by atomic mass is 35.5. The molecular formula is C8H8BClF2. The van der Waals surface area contributed by atoms with Gasteiger partial charge < -0.3 is 0 Å². The Hall–Kier alpha value is -0.565. The van der Waals surface area contributed by atoms with Gasteiger partial charge in [-0.05, 0) is 12.0 Å². The van der Waals surface area contributed by atoms with Crippen molar-refractivity contribution in [2.24, 2.45) is 0 Å². The second-order valence-electron chi connectivity index (χ2n) is 2.54. The summed E-state index contributed by atoms with van der Waals surface area (Å²) in [5, 5.41) is -1.08. The van der Waals surface area contributed by atoms with Gasteiger partial charge in [0.05, 0.1) is 5.28 Å². The van der Waals surface area contributed by atoms with Gasteiger partial charge in [0.25, 0.3) is 0 Å². The number of alkyl halides is 1. The molecule has 1 aromatic carbocycles. The van der Waals surface area contributed by atoms with Gasteiger partial charge in [0.2, 0.25) is 0 Å². The Morgan fingerprint density at radius 1 is 1.25 bits per heavy atom. The van der Waals surface area contributed by atoms with Gasteiger partial charge in [-0.3, -0.25) is 8.63 Å². The van der Waals surface area contributed by atoms with Crippen LogP contribution in [0.2, 0.25) is 0 Å². The summed E-state index contributed by atoms with van der Waals surface area (Å²) in [6.45, 7) is 0. The minimum Gasteiger partial charge on any atom is -0.285 e. The van der Waals surface area contributed by atoms with Crippen LogP contribution in [0.5, 0.6) is 0 Å².